The molecule has 2 heteroatoms. The zero-order valence-electron chi connectivity index (χ0n) is 12.5. The van der Waals surface area contributed by atoms with E-state index in [1.807, 2.05) is 0 Å². The largest absolute Gasteiger partial charge is 0.496 e. The minimum absolute atomic E-state index is 0.456. The first-order valence-electron chi connectivity index (χ1n) is 7.64. The second kappa shape index (κ2) is 6.95. The Bertz CT molecular complexity index is 396. The standard InChI is InChI=1S/C17H27NO/c1-4-11-18-17(14-7-5-6-8-14)15-12-13(2)9-10-16(15)19-3/h9-10,12,14,17-18H,4-8,11H2,1-3H3. The highest BCUT2D eigenvalue weighted by molar-refractivity contribution is 5.39. The molecule has 1 atom stereocenters. The fourth-order valence-corrected chi connectivity index (χ4v) is 3.22. The van der Waals surface area contributed by atoms with Crippen LogP contribution >= 0.6 is 0 Å². The average molecular weight is 261 g/mol. The van der Waals surface area contributed by atoms with Crippen molar-refractivity contribution in [2.24, 2.45) is 5.92 Å². The molecule has 1 saturated carbocycles. The summed E-state index contributed by atoms with van der Waals surface area (Å²) >= 11 is 0. The van der Waals surface area contributed by atoms with Crippen molar-refractivity contribution >= 4 is 0 Å². The van der Waals surface area contributed by atoms with Crippen LogP contribution in [0.3, 0.4) is 0 Å². The molecular weight excluding hydrogens is 234 g/mol. The van der Waals surface area contributed by atoms with Crippen LogP contribution in [0.4, 0.5) is 0 Å². The van der Waals surface area contributed by atoms with Gasteiger partial charge in [0.1, 0.15) is 5.75 Å². The lowest BCUT2D eigenvalue weighted by atomic mass is 9.90. The van der Waals surface area contributed by atoms with Crippen LogP contribution in [0, 0.1) is 12.8 Å². The van der Waals surface area contributed by atoms with Crippen molar-refractivity contribution in [2.75, 3.05) is 13.7 Å². The lowest BCUT2D eigenvalue weighted by molar-refractivity contribution is 0.345. The molecule has 0 bridgehead atoms. The average Bonchev–Trinajstić information content (AvgIpc) is 2.93. The summed E-state index contributed by atoms with van der Waals surface area (Å²) in [5.41, 5.74) is 2.67. The van der Waals surface area contributed by atoms with Crippen LogP contribution in [0.15, 0.2) is 18.2 Å². The summed E-state index contributed by atoms with van der Waals surface area (Å²) < 4.78 is 5.58. The molecule has 1 unspecified atom stereocenters. The third-order valence-electron chi connectivity index (χ3n) is 4.21. The fourth-order valence-electron chi connectivity index (χ4n) is 3.22. The van der Waals surface area contributed by atoms with Gasteiger partial charge in [0.15, 0.2) is 0 Å². The van der Waals surface area contributed by atoms with E-state index >= 15 is 0 Å². The van der Waals surface area contributed by atoms with Crippen molar-refractivity contribution in [3.05, 3.63) is 29.3 Å². The molecule has 0 radical (unpaired) electrons. The van der Waals surface area contributed by atoms with E-state index in [0.717, 1.165) is 18.2 Å². The maximum Gasteiger partial charge on any atom is 0.123 e. The number of methoxy groups -OCH3 is 1. The van der Waals surface area contributed by atoms with Gasteiger partial charge < -0.3 is 10.1 Å². The predicted molar refractivity (Wildman–Crippen MR) is 80.7 cm³/mol. The zero-order chi connectivity index (χ0) is 13.7. The van der Waals surface area contributed by atoms with Crippen LogP contribution in [0.2, 0.25) is 0 Å². The SMILES string of the molecule is CCCNC(c1cc(C)ccc1OC)C1CCCC1. The van der Waals surface area contributed by atoms with Gasteiger partial charge in [0.05, 0.1) is 7.11 Å². The molecule has 0 saturated heterocycles. The van der Waals surface area contributed by atoms with E-state index in [-0.39, 0.29) is 0 Å². The molecule has 0 aliphatic heterocycles. The van der Waals surface area contributed by atoms with Gasteiger partial charge >= 0.3 is 0 Å². The maximum absolute atomic E-state index is 5.58. The third-order valence-corrected chi connectivity index (χ3v) is 4.21. The van der Waals surface area contributed by atoms with Crippen LogP contribution in [-0.2, 0) is 0 Å². The van der Waals surface area contributed by atoms with Gasteiger partial charge in [-0.15, -0.1) is 0 Å². The van der Waals surface area contributed by atoms with Crippen LogP contribution < -0.4 is 10.1 Å². The number of rotatable bonds is 6. The van der Waals surface area contributed by atoms with Gasteiger partial charge in [0, 0.05) is 11.6 Å². The molecule has 19 heavy (non-hydrogen) atoms. The summed E-state index contributed by atoms with van der Waals surface area (Å²) in [5.74, 6) is 1.80. The number of hydrogen-bond donors (Lipinski definition) is 1. The number of benzene rings is 1. The highest BCUT2D eigenvalue weighted by atomic mass is 16.5. The Morgan fingerprint density at radius 3 is 2.68 bits per heavy atom. The van der Waals surface area contributed by atoms with E-state index in [0.29, 0.717) is 6.04 Å². The Kier molecular flexibility index (Phi) is 5.26. The van der Waals surface area contributed by atoms with Crippen LogP contribution in [0.1, 0.15) is 56.2 Å². The first-order valence-corrected chi connectivity index (χ1v) is 7.64. The highest BCUT2D eigenvalue weighted by Gasteiger charge is 2.27. The van der Waals surface area contributed by atoms with Gasteiger partial charge in [0.25, 0.3) is 0 Å². The summed E-state index contributed by atoms with van der Waals surface area (Å²) in [7, 11) is 1.78. The Balaban J connectivity index is 2.27. The normalized spacial score (nSPS) is 17.6. The maximum atomic E-state index is 5.58. The Morgan fingerprint density at radius 1 is 1.32 bits per heavy atom. The van der Waals surface area contributed by atoms with Crippen LogP contribution in [-0.4, -0.2) is 13.7 Å². The van der Waals surface area contributed by atoms with E-state index in [9.17, 15) is 0 Å². The number of ether oxygens (including phenoxy) is 1. The minimum Gasteiger partial charge on any atom is -0.496 e. The van der Waals surface area contributed by atoms with Crippen molar-refractivity contribution in [3.8, 4) is 5.75 Å². The van der Waals surface area contributed by atoms with Crippen molar-refractivity contribution < 1.29 is 4.74 Å². The Hall–Kier alpha value is -1.02. The van der Waals surface area contributed by atoms with E-state index in [4.69, 9.17) is 4.74 Å². The monoisotopic (exact) mass is 261 g/mol. The number of nitrogens with one attached hydrogen (secondary N) is 1. The zero-order valence-corrected chi connectivity index (χ0v) is 12.5. The molecular formula is C17H27NO. The molecule has 1 fully saturated rings. The second-order valence-corrected chi connectivity index (χ2v) is 5.72. The molecule has 1 aromatic carbocycles. The first-order chi connectivity index (χ1) is 9.26. The van der Waals surface area contributed by atoms with E-state index in [1.165, 1.54) is 43.2 Å². The molecule has 0 amide bonds. The summed E-state index contributed by atoms with van der Waals surface area (Å²) in [4.78, 5) is 0. The van der Waals surface area contributed by atoms with Crippen LogP contribution in [0.25, 0.3) is 0 Å². The number of aryl methyl sites for hydroxylation is 1. The molecule has 1 N–H and O–H groups in total. The van der Waals surface area contributed by atoms with Crippen molar-refractivity contribution in [1.29, 1.82) is 0 Å². The lowest BCUT2D eigenvalue weighted by Crippen LogP contribution is -2.28. The highest BCUT2D eigenvalue weighted by Crippen LogP contribution is 2.39. The molecule has 2 nitrogen and oxygen atoms in total. The van der Waals surface area contributed by atoms with Gasteiger partial charge in [-0.05, 0) is 44.7 Å². The van der Waals surface area contributed by atoms with Gasteiger partial charge in [-0.2, -0.15) is 0 Å². The van der Waals surface area contributed by atoms with Crippen molar-refractivity contribution in [1.82, 2.24) is 5.32 Å². The molecule has 0 spiro atoms. The molecule has 1 aromatic rings. The first kappa shape index (κ1) is 14.4. The van der Waals surface area contributed by atoms with E-state index in [2.05, 4.69) is 37.4 Å². The molecule has 1 aliphatic carbocycles. The molecule has 106 valence electrons. The van der Waals surface area contributed by atoms with Gasteiger partial charge in [-0.3, -0.25) is 0 Å². The van der Waals surface area contributed by atoms with E-state index in [1.54, 1.807) is 7.11 Å². The van der Waals surface area contributed by atoms with Crippen LogP contribution in [0.5, 0.6) is 5.75 Å². The lowest BCUT2D eigenvalue weighted by Gasteiger charge is -2.27. The summed E-state index contributed by atoms with van der Waals surface area (Å²) in [6.07, 6.45) is 6.63. The molecule has 1 aliphatic rings. The summed E-state index contributed by atoms with van der Waals surface area (Å²) in [5, 5.41) is 3.75. The smallest absolute Gasteiger partial charge is 0.123 e. The molecule has 0 heterocycles. The number of hydrogen-bond acceptors (Lipinski definition) is 2. The molecule has 2 rings (SSSR count). The van der Waals surface area contributed by atoms with Gasteiger partial charge in [0.2, 0.25) is 0 Å². The van der Waals surface area contributed by atoms with Gasteiger partial charge in [-0.1, -0.05) is 37.5 Å². The third kappa shape index (κ3) is 3.50. The van der Waals surface area contributed by atoms with E-state index < -0.39 is 0 Å². The topological polar surface area (TPSA) is 21.3 Å². The van der Waals surface area contributed by atoms with Gasteiger partial charge in [-0.25, -0.2) is 0 Å². The summed E-state index contributed by atoms with van der Waals surface area (Å²) in [6, 6.07) is 7.00. The minimum atomic E-state index is 0.456. The molecule has 0 aromatic heterocycles. The second-order valence-electron chi connectivity index (χ2n) is 5.72. The van der Waals surface area contributed by atoms with Crippen molar-refractivity contribution in [3.63, 3.8) is 0 Å². The Morgan fingerprint density at radius 2 is 2.05 bits per heavy atom. The summed E-state index contributed by atoms with van der Waals surface area (Å²) in [6.45, 7) is 5.47. The fraction of sp³-hybridized carbons (Fsp3) is 0.647. The predicted octanol–water partition coefficient (Wildman–Crippen LogP) is 4.23. The van der Waals surface area contributed by atoms with Crippen molar-refractivity contribution in [2.45, 2.75) is 52.0 Å². The quantitative estimate of drug-likeness (QED) is 0.827. The Labute approximate surface area is 117 Å².